The second kappa shape index (κ2) is 13.3. The van der Waals surface area contributed by atoms with Gasteiger partial charge in [0.15, 0.2) is 7.14 Å². The summed E-state index contributed by atoms with van der Waals surface area (Å²) < 4.78 is 21.6. The number of aromatic nitrogens is 1. The van der Waals surface area contributed by atoms with E-state index in [1.54, 1.807) is 0 Å². The van der Waals surface area contributed by atoms with Crippen molar-refractivity contribution in [2.45, 2.75) is 0 Å². The highest BCUT2D eigenvalue weighted by Crippen LogP contribution is 2.47. The number of rotatable bonds is 6. The van der Waals surface area contributed by atoms with Crippen molar-refractivity contribution in [3.8, 4) is 33.5 Å². The third-order valence-corrected chi connectivity index (χ3v) is 14.4. The van der Waals surface area contributed by atoms with Gasteiger partial charge in [-0.25, -0.2) is 4.98 Å². The first-order valence-electron chi connectivity index (χ1n) is 19.2. The van der Waals surface area contributed by atoms with Gasteiger partial charge in [0.1, 0.15) is 11.2 Å². The lowest BCUT2D eigenvalue weighted by Crippen LogP contribution is -2.24. The van der Waals surface area contributed by atoms with Gasteiger partial charge in [-0.05, 0) is 57.8 Å². The van der Waals surface area contributed by atoms with E-state index in [9.17, 15) is 0 Å². The molecule has 0 saturated carbocycles. The Balaban J connectivity index is 1.03. The maximum atomic E-state index is 15.0. The Morgan fingerprint density at radius 3 is 1.70 bits per heavy atom. The van der Waals surface area contributed by atoms with Crippen molar-refractivity contribution in [2.75, 3.05) is 0 Å². The average Bonchev–Trinajstić information content (AvgIpc) is 3.66. The maximum absolute atomic E-state index is 15.0. The minimum atomic E-state index is -3.07. The molecule has 2 aromatic heterocycles. The fourth-order valence-corrected chi connectivity index (χ4v) is 11.3. The zero-order valence-electron chi connectivity index (χ0n) is 30.8. The van der Waals surface area contributed by atoms with Crippen molar-refractivity contribution >= 4 is 77.4 Å². The maximum Gasteiger partial charge on any atom is 0.171 e. The van der Waals surface area contributed by atoms with Crippen LogP contribution in [0, 0.1) is 0 Å². The molecule has 11 aromatic rings. The quantitative estimate of drug-likeness (QED) is 0.126. The molecular formula is C53H34NO2P. The van der Waals surface area contributed by atoms with Gasteiger partial charge in [0, 0.05) is 54.0 Å². The topological polar surface area (TPSA) is 43.1 Å². The van der Waals surface area contributed by atoms with E-state index in [0.717, 1.165) is 98.4 Å². The van der Waals surface area contributed by atoms with E-state index in [1.807, 2.05) is 78.9 Å². The van der Waals surface area contributed by atoms with Crippen LogP contribution in [-0.2, 0) is 4.57 Å². The van der Waals surface area contributed by atoms with Gasteiger partial charge in [-0.1, -0.05) is 176 Å². The summed E-state index contributed by atoms with van der Waals surface area (Å²) in [5, 5.41) is 10.2. The first-order valence-corrected chi connectivity index (χ1v) is 20.9. The highest BCUT2D eigenvalue weighted by atomic mass is 31.2. The van der Waals surface area contributed by atoms with Crippen LogP contribution in [0.5, 0.6) is 0 Å². The van der Waals surface area contributed by atoms with Crippen molar-refractivity contribution < 1.29 is 8.98 Å². The Labute approximate surface area is 329 Å². The molecule has 57 heavy (non-hydrogen) atoms. The normalized spacial score (nSPS) is 11.9. The summed E-state index contributed by atoms with van der Waals surface area (Å²) in [6, 6.07) is 70.8. The molecule has 0 unspecified atom stereocenters. The van der Waals surface area contributed by atoms with E-state index in [4.69, 9.17) is 9.40 Å². The van der Waals surface area contributed by atoms with Gasteiger partial charge in [-0.3, -0.25) is 0 Å². The molecule has 0 aliphatic heterocycles. The van der Waals surface area contributed by atoms with E-state index >= 15 is 4.57 Å². The van der Waals surface area contributed by atoms with E-state index in [2.05, 4.69) is 127 Å². The van der Waals surface area contributed by atoms with Gasteiger partial charge in [0.05, 0.1) is 11.2 Å². The largest absolute Gasteiger partial charge is 0.456 e. The van der Waals surface area contributed by atoms with E-state index in [0.29, 0.717) is 0 Å². The standard InChI is InChI=1S/C53H34NO2P/c55-57(41-16-6-2-7-17-41,42-18-8-3-9-19-42)43-31-30-39-32-38(28-29-40(39)33-43)35-24-26-37(27-25-35)53-46-34-49-52(45-21-11-13-23-48(45)56-49)50(36-14-4-1-5-15-36)51(46)44-20-10-12-22-47(44)54-53/h1-34H. The van der Waals surface area contributed by atoms with Crippen molar-refractivity contribution in [3.63, 3.8) is 0 Å². The smallest absolute Gasteiger partial charge is 0.171 e. The summed E-state index contributed by atoms with van der Waals surface area (Å²) in [6.07, 6.45) is 0. The Hall–Kier alpha value is -7.06. The molecule has 0 radical (unpaired) electrons. The lowest BCUT2D eigenvalue weighted by molar-refractivity contribution is 0.592. The van der Waals surface area contributed by atoms with Crippen LogP contribution in [0.1, 0.15) is 0 Å². The number of nitrogens with zero attached hydrogens (tertiary/aromatic N) is 1. The number of para-hydroxylation sites is 2. The van der Waals surface area contributed by atoms with Crippen LogP contribution in [0.3, 0.4) is 0 Å². The van der Waals surface area contributed by atoms with Gasteiger partial charge >= 0.3 is 0 Å². The first-order chi connectivity index (χ1) is 28.1. The minimum Gasteiger partial charge on any atom is -0.456 e. The third kappa shape index (κ3) is 5.43. The summed E-state index contributed by atoms with van der Waals surface area (Å²) in [4.78, 5) is 5.32. The fraction of sp³-hybridized carbons (Fsp3) is 0. The SMILES string of the molecule is O=P(c1ccccc1)(c1ccccc1)c1ccc2cc(-c3ccc(-c4nc5ccccc5c5c(-c6ccccc6)c6c(cc45)oc4ccccc46)cc3)ccc2c1. The van der Waals surface area contributed by atoms with Crippen LogP contribution < -0.4 is 15.9 Å². The van der Waals surface area contributed by atoms with Gasteiger partial charge in [0.25, 0.3) is 0 Å². The molecule has 0 amide bonds. The van der Waals surface area contributed by atoms with Crippen molar-refractivity contribution in [1.29, 1.82) is 0 Å². The van der Waals surface area contributed by atoms with Gasteiger partial charge in [-0.15, -0.1) is 0 Å². The Kier molecular flexibility index (Phi) is 7.77. The molecule has 9 aromatic carbocycles. The van der Waals surface area contributed by atoms with Gasteiger partial charge < -0.3 is 8.98 Å². The molecule has 0 aliphatic rings. The molecule has 0 bridgehead atoms. The molecule has 0 spiro atoms. The third-order valence-electron chi connectivity index (χ3n) is 11.3. The van der Waals surface area contributed by atoms with Crippen LogP contribution in [0.15, 0.2) is 211 Å². The second-order valence-electron chi connectivity index (χ2n) is 14.6. The van der Waals surface area contributed by atoms with E-state index < -0.39 is 7.14 Å². The molecule has 0 N–H and O–H groups in total. The van der Waals surface area contributed by atoms with Crippen molar-refractivity contribution in [2.24, 2.45) is 0 Å². The van der Waals surface area contributed by atoms with Crippen LogP contribution >= 0.6 is 7.14 Å². The van der Waals surface area contributed by atoms with E-state index in [-0.39, 0.29) is 0 Å². The Morgan fingerprint density at radius 2 is 0.965 bits per heavy atom. The predicted molar refractivity (Wildman–Crippen MR) is 240 cm³/mol. The van der Waals surface area contributed by atoms with Gasteiger partial charge in [0.2, 0.25) is 0 Å². The van der Waals surface area contributed by atoms with Crippen LogP contribution in [0.25, 0.3) is 87.9 Å². The number of benzene rings is 9. The molecule has 11 rings (SSSR count). The zero-order chi connectivity index (χ0) is 37.9. The summed E-state index contributed by atoms with van der Waals surface area (Å²) >= 11 is 0. The fourth-order valence-electron chi connectivity index (χ4n) is 8.58. The number of furan rings is 1. The predicted octanol–water partition coefficient (Wildman–Crippen LogP) is 13.1. The molecule has 4 heteroatoms. The minimum absolute atomic E-state index is 0.829. The van der Waals surface area contributed by atoms with E-state index in [1.165, 1.54) is 5.39 Å². The molecule has 0 atom stereocenters. The highest BCUT2D eigenvalue weighted by molar-refractivity contribution is 7.85. The molecular weight excluding hydrogens is 714 g/mol. The monoisotopic (exact) mass is 747 g/mol. The lowest BCUT2D eigenvalue weighted by Gasteiger charge is -2.20. The summed E-state index contributed by atoms with van der Waals surface area (Å²) in [7, 11) is -3.07. The molecule has 0 saturated heterocycles. The summed E-state index contributed by atoms with van der Waals surface area (Å²) in [5.74, 6) is 0. The number of hydrogen-bond donors (Lipinski definition) is 0. The molecule has 0 fully saturated rings. The van der Waals surface area contributed by atoms with Crippen LogP contribution in [-0.4, -0.2) is 4.98 Å². The summed E-state index contributed by atoms with van der Waals surface area (Å²) in [5.41, 5.74) is 9.15. The van der Waals surface area contributed by atoms with Crippen molar-refractivity contribution in [3.05, 3.63) is 206 Å². The lowest BCUT2D eigenvalue weighted by atomic mass is 9.89. The van der Waals surface area contributed by atoms with Crippen LogP contribution in [0.4, 0.5) is 0 Å². The first kappa shape index (κ1) is 33.3. The number of fused-ring (bicyclic) bond motifs is 7. The highest BCUT2D eigenvalue weighted by Gasteiger charge is 2.30. The Bertz CT molecular complexity index is 3310. The summed E-state index contributed by atoms with van der Waals surface area (Å²) in [6.45, 7) is 0. The second-order valence-corrected chi connectivity index (χ2v) is 17.4. The molecule has 2 heterocycles. The number of pyridine rings is 1. The molecule has 3 nitrogen and oxygen atoms in total. The average molecular weight is 748 g/mol. The van der Waals surface area contributed by atoms with Gasteiger partial charge in [-0.2, -0.15) is 0 Å². The molecule has 268 valence electrons. The molecule has 0 aliphatic carbocycles. The van der Waals surface area contributed by atoms with Crippen molar-refractivity contribution in [1.82, 2.24) is 4.98 Å². The number of hydrogen-bond acceptors (Lipinski definition) is 3. The zero-order valence-corrected chi connectivity index (χ0v) is 31.7. The Morgan fingerprint density at radius 1 is 0.386 bits per heavy atom. The van der Waals surface area contributed by atoms with Crippen LogP contribution in [0.2, 0.25) is 0 Å².